The minimum Gasteiger partial charge on any atom is -0.261 e. The first-order valence-electron chi connectivity index (χ1n) is 6.39. The van der Waals surface area contributed by atoms with Gasteiger partial charge in [0.05, 0.1) is 0 Å². The quantitative estimate of drug-likeness (QED) is 0.281. The molecule has 0 spiro atoms. The highest BCUT2D eigenvalue weighted by molar-refractivity contribution is 5.77. The summed E-state index contributed by atoms with van der Waals surface area (Å²) in [6, 6.07) is -4.87. The van der Waals surface area contributed by atoms with Gasteiger partial charge in [-0.15, -0.1) is 0 Å². The molecule has 2 nitrogen and oxygen atoms in total. The Balaban J connectivity index is 6.76. The molecule has 0 aliphatic carbocycles. The van der Waals surface area contributed by atoms with Gasteiger partial charge in [-0.1, -0.05) is 0 Å². The Morgan fingerprint density at radius 3 is 0.969 bits per heavy atom. The number of hydrogen-bond donors (Lipinski definition) is 0. The molecule has 0 fully saturated rings. The van der Waals surface area contributed by atoms with E-state index in [2.05, 4.69) is 0 Å². The zero-order chi connectivity index (χ0) is 26.8. The van der Waals surface area contributed by atoms with E-state index in [1.54, 1.807) is 0 Å². The number of hydrogen-bond acceptors (Lipinski definition) is 2. The van der Waals surface area contributed by atoms with Gasteiger partial charge in [-0.3, -0.25) is 9.53 Å². The van der Waals surface area contributed by atoms with Gasteiger partial charge in [0.2, 0.25) is 0 Å². The molecule has 0 saturated heterocycles. The Bertz CT molecular complexity index is 715. The van der Waals surface area contributed by atoms with Crippen LogP contribution in [0.25, 0.3) is 0 Å². The first-order valence-corrected chi connectivity index (χ1v) is 6.39. The fourth-order valence-corrected chi connectivity index (χ4v) is 1.40. The van der Waals surface area contributed by atoms with Gasteiger partial charge in [-0.2, -0.15) is 87.8 Å². The van der Waals surface area contributed by atoms with E-state index in [4.69, 9.17) is 0 Å². The summed E-state index contributed by atoms with van der Waals surface area (Å²) in [7, 11) is 0. The highest BCUT2D eigenvalue weighted by Crippen LogP contribution is 2.63. The van der Waals surface area contributed by atoms with E-state index >= 15 is 0 Å². The van der Waals surface area contributed by atoms with Crippen LogP contribution in [0.4, 0.5) is 87.8 Å². The molecule has 32 heavy (non-hydrogen) atoms. The van der Waals surface area contributed by atoms with Crippen molar-refractivity contribution >= 4 is 6.04 Å². The van der Waals surface area contributed by atoms with Crippen LogP contribution in [0.15, 0.2) is 0 Å². The summed E-state index contributed by atoms with van der Waals surface area (Å²) in [5.74, 6) is -51.0. The predicted molar refractivity (Wildman–Crippen MR) is 52.8 cm³/mol. The number of ether oxygens (including phenoxy) is 1. The number of carbonyl (C=O) groups is 1. The van der Waals surface area contributed by atoms with Crippen molar-refractivity contribution in [3.05, 3.63) is 0 Å². The van der Waals surface area contributed by atoms with Crippen LogP contribution >= 0.6 is 0 Å². The zero-order valence-electron chi connectivity index (χ0n) is 13.4. The van der Waals surface area contributed by atoms with Crippen molar-refractivity contribution in [3.63, 3.8) is 0 Å². The van der Waals surface area contributed by atoms with E-state index in [0.29, 0.717) is 0 Å². The smallest absolute Gasteiger partial charge is 0.261 e. The molecule has 0 aliphatic heterocycles. The number of carbonyl (C=O) groups excluding carboxylic acids is 1. The average molecular weight is 532 g/mol. The first-order chi connectivity index (χ1) is 13.4. The van der Waals surface area contributed by atoms with E-state index in [1.807, 2.05) is 0 Å². The molecule has 0 aromatic heterocycles. The summed E-state index contributed by atoms with van der Waals surface area (Å²) in [6.45, 7) is 0. The highest BCUT2D eigenvalue weighted by Gasteiger charge is 2.94. The summed E-state index contributed by atoms with van der Waals surface area (Å²) in [4.78, 5) is 9.82. The van der Waals surface area contributed by atoms with Crippen molar-refractivity contribution < 1.29 is 97.3 Å². The van der Waals surface area contributed by atoms with E-state index in [-0.39, 0.29) is 0 Å². The normalized spacial score (nSPS) is 17.9. The minimum absolute atomic E-state index is 1.20. The van der Waals surface area contributed by atoms with E-state index in [0.717, 1.165) is 0 Å². The molecule has 192 valence electrons. The molecule has 1 unspecified atom stereocenters. The molecule has 0 rings (SSSR count). The first kappa shape index (κ1) is 30.2. The van der Waals surface area contributed by atoms with Crippen LogP contribution in [-0.4, -0.2) is 60.0 Å². The summed E-state index contributed by atoms with van der Waals surface area (Å²) in [6.07, 6.45) is -23.7. The molecule has 0 radical (unpaired) electrons. The van der Waals surface area contributed by atoms with Crippen molar-refractivity contribution in [2.75, 3.05) is 0 Å². The third-order valence-corrected chi connectivity index (χ3v) is 3.19. The van der Waals surface area contributed by atoms with Crippen LogP contribution in [0.2, 0.25) is 0 Å². The zero-order valence-corrected chi connectivity index (χ0v) is 13.4. The monoisotopic (exact) mass is 532 g/mol. The lowest BCUT2D eigenvalue weighted by molar-refractivity contribution is -0.495. The van der Waals surface area contributed by atoms with E-state index < -0.39 is 60.0 Å². The summed E-state index contributed by atoms with van der Waals surface area (Å²) < 4.78 is 253. The van der Waals surface area contributed by atoms with Crippen LogP contribution < -0.4 is 0 Å². The molecule has 0 saturated carbocycles. The summed E-state index contributed by atoms with van der Waals surface area (Å²) >= 11 is 0. The summed E-state index contributed by atoms with van der Waals surface area (Å²) in [5.41, 5.74) is 0. The van der Waals surface area contributed by atoms with Crippen molar-refractivity contribution in [2.45, 2.75) is 53.9 Å². The highest BCUT2D eigenvalue weighted by atomic mass is 19.4. The molecule has 0 amide bonds. The van der Waals surface area contributed by atoms with Crippen molar-refractivity contribution in [1.29, 1.82) is 0 Å². The van der Waals surface area contributed by atoms with Crippen LogP contribution in [0.3, 0.4) is 0 Å². The Labute approximate surface area is 159 Å². The second-order valence-electron chi connectivity index (χ2n) is 5.36. The number of alkyl halides is 19. The molecule has 0 aromatic rings. The largest absolute Gasteiger partial charge is 0.460 e. The molecule has 22 heteroatoms. The van der Waals surface area contributed by atoms with Gasteiger partial charge in [0.15, 0.2) is 0 Å². The Kier molecular flexibility index (Phi) is 6.96. The third kappa shape index (κ3) is 3.90. The average Bonchev–Trinajstić information content (AvgIpc) is 2.50. The molecular weight excluding hydrogens is 532 g/mol. The molecule has 0 bridgehead atoms. The molecule has 0 N–H and O–H groups in total. The van der Waals surface area contributed by atoms with Gasteiger partial charge in [-0.25, -0.2) is 0 Å². The Morgan fingerprint density at radius 2 is 0.719 bits per heavy atom. The van der Waals surface area contributed by atoms with E-state index in [9.17, 15) is 92.6 Å². The molecule has 1 atom stereocenters. The Hall–Kier alpha value is -1.77. The predicted octanol–water partition coefficient (Wildman–Crippen LogP) is 6.06. The van der Waals surface area contributed by atoms with Crippen molar-refractivity contribution in [3.8, 4) is 0 Å². The molecular formula is C10F20O2. The molecule has 0 aromatic carbocycles. The second-order valence-corrected chi connectivity index (χ2v) is 5.36. The van der Waals surface area contributed by atoms with Crippen LogP contribution in [0.5, 0.6) is 0 Å². The van der Waals surface area contributed by atoms with Gasteiger partial charge in [0, 0.05) is 0 Å². The molecule has 0 aliphatic rings. The topological polar surface area (TPSA) is 26.3 Å². The van der Waals surface area contributed by atoms with Gasteiger partial charge >= 0.3 is 60.0 Å². The lowest BCUT2D eigenvalue weighted by atomic mass is 9.93. The van der Waals surface area contributed by atoms with Gasteiger partial charge in [0.1, 0.15) is 0 Å². The maximum absolute atomic E-state index is 13.1. The van der Waals surface area contributed by atoms with Crippen LogP contribution in [0, 0.1) is 0 Å². The van der Waals surface area contributed by atoms with Gasteiger partial charge in [-0.05, 0) is 0 Å². The third-order valence-electron chi connectivity index (χ3n) is 3.19. The number of halogens is 20. The molecule has 0 heterocycles. The Morgan fingerprint density at radius 1 is 0.438 bits per heavy atom. The van der Waals surface area contributed by atoms with Gasteiger partial charge < -0.3 is 0 Å². The standard InChI is InChI=1S/C10F20O2/c11-1(31)2(12,8(23,24)25)32-10(29,30)7(21,22)5(17,18)3(13,14)4(15,16)6(19,20)9(26,27)28. The van der Waals surface area contributed by atoms with Gasteiger partial charge in [0.25, 0.3) is 0 Å². The van der Waals surface area contributed by atoms with Crippen molar-refractivity contribution in [1.82, 2.24) is 0 Å². The maximum Gasteiger partial charge on any atom is 0.460 e. The minimum atomic E-state index is -8.92. The lowest BCUT2D eigenvalue weighted by Gasteiger charge is -2.41. The number of rotatable bonds is 8. The SMILES string of the molecule is O=C(F)C(F)(OC(F)(F)C(F)(F)C(F)(F)C(F)(F)C(F)(F)C(F)(F)C(F)(F)F)C(F)(F)F. The fourth-order valence-electron chi connectivity index (χ4n) is 1.40. The van der Waals surface area contributed by atoms with Crippen LogP contribution in [0.1, 0.15) is 0 Å². The second kappa shape index (κ2) is 7.37. The summed E-state index contributed by atoms with van der Waals surface area (Å²) in [5, 5.41) is 0. The lowest BCUT2D eigenvalue weighted by Crippen LogP contribution is -2.73. The van der Waals surface area contributed by atoms with E-state index in [1.165, 1.54) is 4.74 Å². The van der Waals surface area contributed by atoms with Crippen molar-refractivity contribution in [2.24, 2.45) is 0 Å². The maximum atomic E-state index is 13.1. The fraction of sp³-hybridized carbons (Fsp3) is 0.900. The van der Waals surface area contributed by atoms with Crippen LogP contribution in [-0.2, 0) is 9.53 Å².